The number of benzene rings is 1. The van der Waals surface area contributed by atoms with E-state index in [4.69, 9.17) is 27.9 Å². The lowest BCUT2D eigenvalue weighted by molar-refractivity contribution is -0.139. The second-order valence-electron chi connectivity index (χ2n) is 4.90. The van der Waals surface area contributed by atoms with E-state index in [1.54, 1.807) is 0 Å². The summed E-state index contributed by atoms with van der Waals surface area (Å²) in [5, 5.41) is 3.11. The van der Waals surface area contributed by atoms with Crippen LogP contribution in [0.15, 0.2) is 23.2 Å². The molecular weight excluding hydrogens is 359 g/mol. The van der Waals surface area contributed by atoms with Crippen molar-refractivity contribution in [2.24, 2.45) is 4.99 Å². The molecule has 0 radical (unpaired) electrons. The Hall–Kier alpha value is -2.12. The van der Waals surface area contributed by atoms with Crippen molar-refractivity contribution in [3.8, 4) is 0 Å². The molecule has 1 N–H and O–H groups in total. The first-order chi connectivity index (χ1) is 11.4. The van der Waals surface area contributed by atoms with Crippen LogP contribution in [0.4, 0.5) is 0 Å². The minimum Gasteiger partial charge on any atom is -0.469 e. The van der Waals surface area contributed by atoms with E-state index in [1.165, 1.54) is 25.3 Å². The molecule has 0 saturated heterocycles. The van der Waals surface area contributed by atoms with Crippen molar-refractivity contribution in [2.45, 2.75) is 12.5 Å². The summed E-state index contributed by atoms with van der Waals surface area (Å²) in [5.41, 5.74) is 0.195. The molecule has 2 rings (SSSR count). The molecule has 128 valence electrons. The number of amides is 1. The van der Waals surface area contributed by atoms with E-state index in [1.807, 2.05) is 0 Å². The van der Waals surface area contributed by atoms with Crippen molar-refractivity contribution in [1.82, 2.24) is 5.32 Å². The number of methoxy groups -OCH3 is 1. The highest BCUT2D eigenvalue weighted by Gasteiger charge is 2.25. The number of rotatable bonds is 4. The lowest BCUT2D eigenvalue weighted by Crippen LogP contribution is -2.36. The van der Waals surface area contributed by atoms with Crippen LogP contribution in [0.1, 0.15) is 16.8 Å². The van der Waals surface area contributed by atoms with Crippen molar-refractivity contribution in [3.63, 3.8) is 0 Å². The first-order valence-electron chi connectivity index (χ1n) is 6.95. The summed E-state index contributed by atoms with van der Waals surface area (Å²) in [6.07, 6.45) is -0.921. The molecule has 0 bridgehead atoms. The molecule has 1 aromatic rings. The van der Waals surface area contributed by atoms with Gasteiger partial charge in [0, 0.05) is 5.02 Å². The van der Waals surface area contributed by atoms with E-state index < -0.39 is 23.9 Å². The smallest absolute Gasteiger partial charge is 0.340 e. The fourth-order valence-electron chi connectivity index (χ4n) is 1.95. The van der Waals surface area contributed by atoms with Crippen LogP contribution in [-0.4, -0.2) is 49.9 Å². The Labute approximate surface area is 147 Å². The molecule has 0 unspecified atom stereocenters. The Morgan fingerprint density at radius 1 is 1.38 bits per heavy atom. The molecule has 0 saturated carbocycles. The summed E-state index contributed by atoms with van der Waals surface area (Å²) < 4.78 is 9.81. The molecule has 9 heteroatoms. The molecule has 1 aliphatic rings. The van der Waals surface area contributed by atoms with Gasteiger partial charge < -0.3 is 14.8 Å². The molecule has 0 fully saturated rings. The Balaban J connectivity index is 2.04. The van der Waals surface area contributed by atoms with Crippen LogP contribution in [0.25, 0.3) is 0 Å². The quantitative estimate of drug-likeness (QED) is 0.810. The van der Waals surface area contributed by atoms with Gasteiger partial charge in [-0.15, -0.1) is 0 Å². The maximum atomic E-state index is 12.2. The number of aliphatic imine (C=N–C) groups is 1. The summed E-state index contributed by atoms with van der Waals surface area (Å²) in [5.74, 6) is -1.72. The van der Waals surface area contributed by atoms with Gasteiger partial charge in [0.2, 0.25) is 0 Å². The lowest BCUT2D eigenvalue weighted by Gasteiger charge is -2.15. The number of nitrogens with zero attached hydrogens (tertiary/aromatic N) is 1. The zero-order valence-electron chi connectivity index (χ0n) is 12.7. The number of esters is 2. The van der Waals surface area contributed by atoms with E-state index in [0.717, 1.165) is 0 Å². The fourth-order valence-corrected chi connectivity index (χ4v) is 2.44. The molecule has 0 spiro atoms. The van der Waals surface area contributed by atoms with Gasteiger partial charge in [0.05, 0.1) is 37.2 Å². The molecule has 7 nitrogen and oxygen atoms in total. The predicted molar refractivity (Wildman–Crippen MR) is 87.6 cm³/mol. The summed E-state index contributed by atoms with van der Waals surface area (Å²) in [7, 11) is 1.22. The van der Waals surface area contributed by atoms with Crippen LogP contribution in [0, 0.1) is 0 Å². The van der Waals surface area contributed by atoms with Crippen LogP contribution in [-0.2, 0) is 19.1 Å². The van der Waals surface area contributed by atoms with E-state index >= 15 is 0 Å². The second-order valence-corrected chi connectivity index (χ2v) is 5.75. The Kier molecular flexibility index (Phi) is 6.16. The van der Waals surface area contributed by atoms with Gasteiger partial charge in [0.25, 0.3) is 5.91 Å². The standard InChI is InChI=1S/C15H14Cl2N2O5/c1-23-13(20)5-12-14(21)19-7-9(6-18-12)24-15(22)10-3-2-8(16)4-11(10)17/h2-4,9H,5-7H2,1H3,(H,19,21)/t9-/m0/s1. The highest BCUT2D eigenvalue weighted by atomic mass is 35.5. The number of halogens is 2. The van der Waals surface area contributed by atoms with Crippen molar-refractivity contribution in [2.75, 3.05) is 20.2 Å². The molecule has 1 aromatic carbocycles. The Morgan fingerprint density at radius 3 is 2.79 bits per heavy atom. The zero-order valence-corrected chi connectivity index (χ0v) is 14.2. The second kappa shape index (κ2) is 8.12. The number of carbonyl (C=O) groups excluding carboxylic acids is 3. The number of hydrogen-bond donors (Lipinski definition) is 1. The average molecular weight is 373 g/mol. The monoisotopic (exact) mass is 372 g/mol. The van der Waals surface area contributed by atoms with E-state index in [0.29, 0.717) is 5.02 Å². The number of ether oxygens (including phenoxy) is 2. The van der Waals surface area contributed by atoms with Gasteiger partial charge in [-0.25, -0.2) is 4.79 Å². The number of nitrogens with one attached hydrogen (secondary N) is 1. The van der Waals surface area contributed by atoms with Crippen molar-refractivity contribution < 1.29 is 23.9 Å². The summed E-state index contributed by atoms with van der Waals surface area (Å²) in [4.78, 5) is 39.3. The summed E-state index contributed by atoms with van der Waals surface area (Å²) in [6, 6.07) is 4.40. The maximum absolute atomic E-state index is 12.2. The Morgan fingerprint density at radius 2 is 2.12 bits per heavy atom. The summed E-state index contributed by atoms with van der Waals surface area (Å²) >= 11 is 11.7. The highest BCUT2D eigenvalue weighted by Crippen LogP contribution is 2.22. The van der Waals surface area contributed by atoms with Crippen LogP contribution >= 0.6 is 23.2 Å². The molecule has 1 amide bonds. The van der Waals surface area contributed by atoms with Gasteiger partial charge in [-0.2, -0.15) is 0 Å². The Bertz CT molecular complexity index is 705. The van der Waals surface area contributed by atoms with Gasteiger partial charge in [-0.1, -0.05) is 23.2 Å². The van der Waals surface area contributed by atoms with Crippen molar-refractivity contribution in [3.05, 3.63) is 33.8 Å². The van der Waals surface area contributed by atoms with E-state index in [-0.39, 0.29) is 35.8 Å². The third kappa shape index (κ3) is 4.69. The fraction of sp³-hybridized carbons (Fsp3) is 0.333. The van der Waals surface area contributed by atoms with Gasteiger partial charge in [0.1, 0.15) is 11.8 Å². The zero-order chi connectivity index (χ0) is 17.7. The molecular formula is C15H14Cl2N2O5. The molecule has 1 atom stereocenters. The number of hydrogen-bond acceptors (Lipinski definition) is 6. The lowest BCUT2D eigenvalue weighted by atomic mass is 10.2. The maximum Gasteiger partial charge on any atom is 0.340 e. The predicted octanol–water partition coefficient (Wildman–Crippen LogP) is 1.65. The van der Waals surface area contributed by atoms with Gasteiger partial charge in [-0.05, 0) is 18.2 Å². The highest BCUT2D eigenvalue weighted by molar-refractivity contribution is 6.41. The van der Waals surface area contributed by atoms with Crippen LogP contribution in [0.2, 0.25) is 10.0 Å². The first-order valence-corrected chi connectivity index (χ1v) is 7.70. The van der Waals surface area contributed by atoms with Crippen LogP contribution in [0.3, 0.4) is 0 Å². The normalized spacial score (nSPS) is 17.4. The topological polar surface area (TPSA) is 94.1 Å². The minimum absolute atomic E-state index is 0.0323. The van der Waals surface area contributed by atoms with Gasteiger partial charge in [0.15, 0.2) is 0 Å². The van der Waals surface area contributed by atoms with Crippen molar-refractivity contribution in [1.29, 1.82) is 0 Å². The van der Waals surface area contributed by atoms with Crippen LogP contribution < -0.4 is 5.32 Å². The van der Waals surface area contributed by atoms with Crippen LogP contribution in [0.5, 0.6) is 0 Å². The molecule has 1 aliphatic heterocycles. The SMILES string of the molecule is COC(=O)CC1=NC[C@H](OC(=O)c2ccc(Cl)cc2Cl)CNC1=O. The number of carbonyl (C=O) groups is 3. The van der Waals surface area contributed by atoms with Crippen molar-refractivity contribution >= 4 is 46.8 Å². The summed E-state index contributed by atoms with van der Waals surface area (Å²) in [6.45, 7) is 0.117. The minimum atomic E-state index is -0.677. The first kappa shape index (κ1) is 18.2. The third-order valence-electron chi connectivity index (χ3n) is 3.20. The van der Waals surface area contributed by atoms with E-state index in [2.05, 4.69) is 15.0 Å². The largest absolute Gasteiger partial charge is 0.469 e. The molecule has 0 aromatic heterocycles. The van der Waals surface area contributed by atoms with E-state index in [9.17, 15) is 14.4 Å². The van der Waals surface area contributed by atoms with Gasteiger partial charge >= 0.3 is 11.9 Å². The molecule has 24 heavy (non-hydrogen) atoms. The average Bonchev–Trinajstić information content (AvgIpc) is 2.70. The third-order valence-corrected chi connectivity index (χ3v) is 3.75. The van der Waals surface area contributed by atoms with Gasteiger partial charge in [-0.3, -0.25) is 14.6 Å². The molecule has 1 heterocycles. The molecule has 0 aliphatic carbocycles.